The van der Waals surface area contributed by atoms with Crippen molar-refractivity contribution in [2.24, 2.45) is 0 Å². The van der Waals surface area contributed by atoms with E-state index in [-0.39, 0.29) is 17.0 Å². The fourth-order valence-corrected chi connectivity index (χ4v) is 2.63. The van der Waals surface area contributed by atoms with Crippen LogP contribution in [0.5, 0.6) is 0 Å². The third-order valence-electron chi connectivity index (χ3n) is 3.80. The molecule has 3 aliphatic rings. The number of carboxylic acids is 1. The van der Waals surface area contributed by atoms with Crippen LogP contribution in [0, 0.1) is 0 Å². The number of benzene rings is 1. The van der Waals surface area contributed by atoms with Crippen LogP contribution in [0.2, 0.25) is 0 Å². The van der Waals surface area contributed by atoms with Gasteiger partial charge in [-0.15, -0.1) is 0 Å². The lowest BCUT2D eigenvalue weighted by Gasteiger charge is -2.19. The Morgan fingerprint density at radius 2 is 2.08 bits per heavy atom. The van der Waals surface area contributed by atoms with Crippen molar-refractivity contribution in [2.75, 3.05) is 6.54 Å². The number of carbonyl (C=O) groups is 3. The summed E-state index contributed by atoms with van der Waals surface area (Å²) in [6.07, 6.45) is 5.04. The van der Waals surface area contributed by atoms with Gasteiger partial charge < -0.3 is 9.52 Å². The van der Waals surface area contributed by atoms with Crippen molar-refractivity contribution < 1.29 is 23.9 Å². The molecule has 0 saturated carbocycles. The van der Waals surface area contributed by atoms with Crippen LogP contribution in [-0.4, -0.2) is 39.3 Å². The zero-order valence-corrected chi connectivity index (χ0v) is 13.3. The molecule has 0 aromatic carbocycles. The van der Waals surface area contributed by atoms with Crippen LogP contribution < -0.4 is 5.43 Å². The summed E-state index contributed by atoms with van der Waals surface area (Å²) < 4.78 is 5.73. The molecule has 0 saturated heterocycles. The number of imide groups is 1. The number of nitrogens with zero attached hydrogens (tertiary/aromatic N) is 2. The van der Waals surface area contributed by atoms with Crippen LogP contribution in [-0.2, 0) is 16.0 Å². The summed E-state index contributed by atoms with van der Waals surface area (Å²) in [6, 6.07) is 2.58. The quantitative estimate of drug-likeness (QED) is 0.889. The highest BCUT2D eigenvalue weighted by molar-refractivity contribution is 6.08. The van der Waals surface area contributed by atoms with Gasteiger partial charge in [0, 0.05) is 13.3 Å². The van der Waals surface area contributed by atoms with Gasteiger partial charge in [0.05, 0.1) is 0 Å². The second kappa shape index (κ2) is 6.31. The predicted molar refractivity (Wildman–Crippen MR) is 86.1 cm³/mol. The van der Waals surface area contributed by atoms with Gasteiger partial charge in [-0.1, -0.05) is 6.08 Å². The maximum Gasteiger partial charge on any atom is 0.323 e. The molecule has 0 radical (unpaired) electrons. The van der Waals surface area contributed by atoms with Gasteiger partial charge >= 0.3 is 5.97 Å². The minimum absolute atomic E-state index is 0.0387. The van der Waals surface area contributed by atoms with E-state index in [1.807, 2.05) is 6.08 Å². The summed E-state index contributed by atoms with van der Waals surface area (Å²) in [5.74, 6) is -2.67. The number of rotatable bonds is 3. The highest BCUT2D eigenvalue weighted by atomic mass is 16.4. The topological polar surface area (TPSA) is 118 Å². The Morgan fingerprint density at radius 3 is 2.76 bits per heavy atom. The summed E-state index contributed by atoms with van der Waals surface area (Å²) in [5.41, 5.74) is -0.151. The number of aliphatic carboxylic acids is 1. The Labute approximate surface area is 141 Å². The Morgan fingerprint density at radius 1 is 1.32 bits per heavy atom. The minimum Gasteiger partial charge on any atom is -0.480 e. The standard InChI is InChI=1S/C17H14N2O6/c1-9(20)19(8-14(22)23)17(24)15-12(21)7-6-11-16(15)25-13-5-3-2-4-10(13)18-11/h2,4,6-7H,3,5,8H2,1H3,(H,22,23). The largest absolute Gasteiger partial charge is 0.480 e. The monoisotopic (exact) mass is 342 g/mol. The molecule has 1 aliphatic heterocycles. The first-order valence-corrected chi connectivity index (χ1v) is 7.56. The Hall–Kier alpha value is -3.29. The van der Waals surface area contributed by atoms with Crippen molar-refractivity contribution in [1.29, 1.82) is 0 Å². The minimum atomic E-state index is -1.37. The van der Waals surface area contributed by atoms with Gasteiger partial charge in [0.25, 0.3) is 5.91 Å². The van der Waals surface area contributed by atoms with Crippen molar-refractivity contribution in [3.8, 4) is 11.5 Å². The van der Waals surface area contributed by atoms with Crippen LogP contribution in [0.1, 0.15) is 35.2 Å². The number of aryl methyl sites for hydroxylation is 1. The number of fused-ring (bicyclic) bond motifs is 2. The Bertz CT molecular complexity index is 943. The van der Waals surface area contributed by atoms with Crippen molar-refractivity contribution in [2.45, 2.75) is 19.8 Å². The summed E-state index contributed by atoms with van der Waals surface area (Å²) >= 11 is 0. The molecule has 0 aromatic heterocycles. The fourth-order valence-electron chi connectivity index (χ4n) is 2.63. The second-order valence-corrected chi connectivity index (χ2v) is 5.55. The van der Waals surface area contributed by atoms with Crippen LogP contribution in [0.25, 0.3) is 17.5 Å². The molecule has 3 rings (SSSR count). The number of carboxylic acid groups (broad SMARTS) is 1. The molecule has 0 fully saturated rings. The molecular formula is C17H14N2O6. The number of aromatic nitrogens is 1. The van der Waals surface area contributed by atoms with Crippen LogP contribution in [0.4, 0.5) is 0 Å². The van der Waals surface area contributed by atoms with Crippen molar-refractivity contribution >= 4 is 23.9 Å². The van der Waals surface area contributed by atoms with E-state index in [9.17, 15) is 19.2 Å². The Kier molecular flexibility index (Phi) is 4.18. The molecule has 1 N–H and O–H groups in total. The molecular weight excluding hydrogens is 328 g/mol. The lowest BCUT2D eigenvalue weighted by atomic mass is 10.0. The van der Waals surface area contributed by atoms with E-state index in [1.54, 1.807) is 6.08 Å². The first-order chi connectivity index (χ1) is 11.9. The predicted octanol–water partition coefficient (Wildman–Crippen LogP) is 1.17. The highest BCUT2D eigenvalue weighted by Crippen LogP contribution is 2.28. The van der Waals surface area contributed by atoms with Gasteiger partial charge in [-0.3, -0.25) is 24.1 Å². The van der Waals surface area contributed by atoms with Crippen molar-refractivity contribution in [3.63, 3.8) is 0 Å². The van der Waals surface area contributed by atoms with Gasteiger partial charge in [-0.25, -0.2) is 4.98 Å². The number of amides is 2. The molecule has 0 aromatic rings. The Balaban J connectivity index is 2.18. The maximum atomic E-state index is 12.7. The molecule has 2 amide bonds. The van der Waals surface area contributed by atoms with Gasteiger partial charge in [-0.2, -0.15) is 0 Å². The molecule has 25 heavy (non-hydrogen) atoms. The van der Waals surface area contributed by atoms with E-state index in [0.717, 1.165) is 19.4 Å². The van der Waals surface area contributed by atoms with Crippen molar-refractivity contribution in [3.05, 3.63) is 45.4 Å². The zero-order chi connectivity index (χ0) is 18.1. The fraction of sp³-hybridized carbons (Fsp3) is 0.235. The smallest absolute Gasteiger partial charge is 0.323 e. The van der Waals surface area contributed by atoms with Gasteiger partial charge in [0.1, 0.15) is 29.3 Å². The first-order valence-electron chi connectivity index (χ1n) is 7.56. The molecule has 2 aliphatic carbocycles. The zero-order valence-electron chi connectivity index (χ0n) is 13.3. The average molecular weight is 342 g/mol. The normalized spacial score (nSPS) is 12.7. The van der Waals surface area contributed by atoms with Gasteiger partial charge in [0.15, 0.2) is 11.2 Å². The van der Waals surface area contributed by atoms with Gasteiger partial charge in [-0.05, 0) is 24.6 Å². The number of carbonyl (C=O) groups excluding carboxylic acids is 2. The molecule has 1 heterocycles. The van der Waals surface area contributed by atoms with E-state index < -0.39 is 29.8 Å². The second-order valence-electron chi connectivity index (χ2n) is 5.55. The first kappa shape index (κ1) is 16.6. The molecule has 8 heteroatoms. The molecule has 8 nitrogen and oxygen atoms in total. The van der Waals surface area contributed by atoms with Crippen molar-refractivity contribution in [1.82, 2.24) is 9.88 Å². The number of hydrogen-bond donors (Lipinski definition) is 1. The molecule has 0 spiro atoms. The summed E-state index contributed by atoms with van der Waals surface area (Å²) in [4.78, 5) is 52.4. The summed E-state index contributed by atoms with van der Waals surface area (Å²) in [7, 11) is 0. The highest BCUT2D eigenvalue weighted by Gasteiger charge is 2.30. The number of hydrogen-bond acceptors (Lipinski definition) is 6. The van der Waals surface area contributed by atoms with E-state index in [2.05, 4.69) is 4.98 Å². The van der Waals surface area contributed by atoms with E-state index in [1.165, 1.54) is 6.07 Å². The van der Waals surface area contributed by atoms with Crippen LogP contribution >= 0.6 is 0 Å². The lowest BCUT2D eigenvalue weighted by Crippen LogP contribution is -2.41. The molecule has 0 bridgehead atoms. The SMILES string of the molecule is CC(=O)N(CC(=O)O)C(=O)c1c2oc3c(nc-2ccc1=O)C=CCC3. The third kappa shape index (κ3) is 3.06. The van der Waals surface area contributed by atoms with Crippen LogP contribution in [0.3, 0.4) is 0 Å². The van der Waals surface area contributed by atoms with E-state index >= 15 is 0 Å². The van der Waals surface area contributed by atoms with Gasteiger partial charge in [0.2, 0.25) is 5.91 Å². The molecule has 0 unspecified atom stereocenters. The van der Waals surface area contributed by atoms with E-state index in [0.29, 0.717) is 22.8 Å². The van der Waals surface area contributed by atoms with Crippen LogP contribution in [0.15, 0.2) is 27.4 Å². The molecule has 0 atom stereocenters. The summed E-state index contributed by atoms with van der Waals surface area (Å²) in [6.45, 7) is 0.212. The van der Waals surface area contributed by atoms with E-state index in [4.69, 9.17) is 9.52 Å². The maximum absolute atomic E-state index is 12.7. The molecule has 128 valence electrons. The summed E-state index contributed by atoms with van der Waals surface area (Å²) in [5, 5.41) is 8.90. The lowest BCUT2D eigenvalue weighted by molar-refractivity contribution is -0.142. The average Bonchev–Trinajstić information content (AvgIpc) is 2.57. The number of allylic oxidation sites excluding steroid dienone is 1. The third-order valence-corrected chi connectivity index (χ3v) is 3.80.